The zero-order chi connectivity index (χ0) is 57.9. The van der Waals surface area contributed by atoms with Crippen LogP contribution in [0.3, 0.4) is 0 Å². The summed E-state index contributed by atoms with van der Waals surface area (Å²) in [6.07, 6.45) is 26.5. The Hall–Kier alpha value is -7.92. The number of allylic oxidation sites excluding steroid dienone is 12. The van der Waals surface area contributed by atoms with Gasteiger partial charge in [0.15, 0.2) is 0 Å². The minimum atomic E-state index is -2.45. The Morgan fingerprint density at radius 3 is 1.21 bits per heavy atom. The molecule has 2 nitrogen and oxygen atoms in total. The summed E-state index contributed by atoms with van der Waals surface area (Å²) in [5.74, 6) is 0. The van der Waals surface area contributed by atoms with Crippen LogP contribution in [0.5, 0.6) is 0 Å². The van der Waals surface area contributed by atoms with Gasteiger partial charge in [0.2, 0.25) is 0 Å². The summed E-state index contributed by atoms with van der Waals surface area (Å²) in [7, 11) is -2.45. The van der Waals surface area contributed by atoms with Crippen LogP contribution in [0.1, 0.15) is 65.3 Å². The molecule has 8 aromatic rings. The molecule has 0 bridgehead atoms. The summed E-state index contributed by atoms with van der Waals surface area (Å²) in [5, 5.41) is 5.05. The zero-order valence-corrected chi connectivity index (χ0v) is 53.6. The third-order valence-electron chi connectivity index (χ3n) is 15.1. The van der Waals surface area contributed by atoms with Crippen molar-refractivity contribution >= 4 is 58.6 Å². The number of benzene rings is 8. The molecular weight excluding hydrogens is 1390 g/mol. The predicted molar refractivity (Wildman–Crippen MR) is 351 cm³/mol. The molecule has 0 aliphatic carbocycles. The van der Waals surface area contributed by atoms with Crippen molar-refractivity contribution in [3.05, 3.63) is 362 Å². The number of hydrogen-bond donors (Lipinski definition) is 0. The predicted octanol–water partition coefficient (Wildman–Crippen LogP) is 17.8. The fourth-order valence-corrected chi connectivity index (χ4v) is 17.0. The number of hydrogen-bond acceptors (Lipinski definition) is 2. The molecule has 0 saturated carbocycles. The molecule has 2 aliphatic heterocycles. The first-order chi connectivity index (χ1) is 41.4. The van der Waals surface area contributed by atoms with Gasteiger partial charge in [0.05, 0.1) is 0 Å². The third kappa shape index (κ3) is 14.2. The van der Waals surface area contributed by atoms with E-state index < -0.39 is 7.26 Å². The van der Waals surface area contributed by atoms with Gasteiger partial charge in [-0.05, 0) is 45.9 Å². The van der Waals surface area contributed by atoms with E-state index >= 15 is 0 Å². The van der Waals surface area contributed by atoms with Crippen LogP contribution in [0.4, 0.5) is 0 Å². The first kappa shape index (κ1) is 59.2. The van der Waals surface area contributed by atoms with Crippen molar-refractivity contribution in [1.29, 1.82) is 0 Å². The molecule has 0 atom stereocenters. The van der Waals surface area contributed by atoms with Crippen molar-refractivity contribution in [2.75, 3.05) is 26.4 Å². The van der Waals surface area contributed by atoms with Gasteiger partial charge < -0.3 is 0 Å². The van der Waals surface area contributed by atoms with Crippen LogP contribution >= 0.6 is 7.26 Å². The summed E-state index contributed by atoms with van der Waals surface area (Å²) in [5.41, 5.74) is 19.7. The van der Waals surface area contributed by atoms with Crippen LogP contribution in [-0.4, -0.2) is 26.4 Å². The van der Waals surface area contributed by atoms with E-state index in [-0.39, 0.29) is 0 Å². The molecular formula is C79H66O2Os2P+. The van der Waals surface area contributed by atoms with Gasteiger partial charge in [0.25, 0.3) is 0 Å². The Morgan fingerprint density at radius 1 is 0.405 bits per heavy atom. The second-order valence-corrected chi connectivity index (χ2v) is 25.1. The first-order valence-corrected chi connectivity index (χ1v) is 32.7. The summed E-state index contributed by atoms with van der Waals surface area (Å²) >= 11 is 3.56. The summed E-state index contributed by atoms with van der Waals surface area (Å²) in [4.78, 5) is 0. The van der Waals surface area contributed by atoms with E-state index in [1.165, 1.54) is 76.9 Å². The van der Waals surface area contributed by atoms with Gasteiger partial charge in [0.1, 0.15) is 0 Å². The van der Waals surface area contributed by atoms with Crippen LogP contribution < -0.4 is 15.9 Å². The fraction of sp³-hybridized carbons (Fsp3) is 0.0886. The Morgan fingerprint density at radius 2 is 0.774 bits per heavy atom. The maximum atomic E-state index is 6.09. The second kappa shape index (κ2) is 29.6. The number of ether oxygens (including phenoxy) is 2. The molecule has 2 aliphatic rings. The van der Waals surface area contributed by atoms with Gasteiger partial charge in [-0.3, -0.25) is 0 Å². The Bertz CT molecular complexity index is 3930. The monoisotopic (exact) mass is 1460 g/mol. The summed E-state index contributed by atoms with van der Waals surface area (Å²) in [6.45, 7) is 8.59. The van der Waals surface area contributed by atoms with Crippen molar-refractivity contribution in [2.24, 2.45) is 0 Å². The topological polar surface area (TPSA) is 18.5 Å². The van der Waals surface area contributed by atoms with Crippen LogP contribution in [0.15, 0.2) is 317 Å². The van der Waals surface area contributed by atoms with Crippen LogP contribution in [-0.2, 0) is 45.4 Å². The molecule has 84 heavy (non-hydrogen) atoms. The van der Waals surface area contributed by atoms with Gasteiger partial charge in [-0.15, -0.1) is 0 Å². The van der Waals surface area contributed by atoms with E-state index in [1.54, 1.807) is 17.9 Å². The van der Waals surface area contributed by atoms with Crippen LogP contribution in [0, 0.1) is 8.74 Å². The normalized spacial score (nSPS) is 16.7. The maximum absolute atomic E-state index is 6.09. The van der Waals surface area contributed by atoms with Gasteiger partial charge >= 0.3 is 379 Å². The van der Waals surface area contributed by atoms with E-state index in [9.17, 15) is 0 Å². The molecule has 0 amide bonds. The molecule has 10 rings (SSSR count). The Labute approximate surface area is 517 Å². The van der Waals surface area contributed by atoms with E-state index in [0.717, 1.165) is 39.0 Å². The van der Waals surface area contributed by atoms with E-state index in [1.807, 2.05) is 17.9 Å². The van der Waals surface area contributed by atoms with E-state index in [0.29, 0.717) is 26.4 Å². The SMILES string of the molecule is CC=C1COCC1=CC(/C=C/c1ccc(/C=C/C(C=C2COCC2=C/C=C/c2ccc(C(=C(c3ccccc3)c3ccc(/C=C/C)cc3)c3ccccc3)cc2)=C(C)[C]#[Os])cc1)=C([C]#[Os])[P+](c1ccccc1)(c1ccccc1)c1ccccc1. The van der Waals surface area contributed by atoms with Gasteiger partial charge in [-0.25, -0.2) is 0 Å². The fourth-order valence-electron chi connectivity index (χ4n) is 10.8. The molecule has 414 valence electrons. The van der Waals surface area contributed by atoms with Crippen molar-refractivity contribution in [3.63, 3.8) is 0 Å². The minimum absolute atomic E-state index is 0.555. The first-order valence-electron chi connectivity index (χ1n) is 28.4. The van der Waals surface area contributed by atoms with Crippen molar-refractivity contribution in [2.45, 2.75) is 20.8 Å². The average molecular weight is 1460 g/mol. The van der Waals surface area contributed by atoms with Gasteiger partial charge in [-0.2, -0.15) is 0 Å². The Kier molecular flexibility index (Phi) is 20.8. The molecule has 2 heterocycles. The number of rotatable bonds is 17. The van der Waals surface area contributed by atoms with E-state index in [4.69, 9.17) is 9.47 Å². The van der Waals surface area contributed by atoms with Crippen molar-refractivity contribution in [1.82, 2.24) is 0 Å². The van der Waals surface area contributed by atoms with Crippen LogP contribution in [0.2, 0.25) is 0 Å². The molecule has 0 radical (unpaired) electrons. The summed E-state index contributed by atoms with van der Waals surface area (Å²) in [6, 6.07) is 81.2. The zero-order valence-electron chi connectivity index (χ0n) is 47.6. The molecule has 0 aromatic heterocycles. The molecule has 8 aromatic carbocycles. The van der Waals surface area contributed by atoms with Crippen molar-refractivity contribution in [3.8, 4) is 8.74 Å². The average Bonchev–Trinajstić information content (AvgIpc) is 1.49. The van der Waals surface area contributed by atoms with E-state index in [2.05, 4.69) is 327 Å². The molecule has 0 unspecified atom stereocenters. The Balaban J connectivity index is 0.915. The molecule has 2 saturated heterocycles. The van der Waals surface area contributed by atoms with Gasteiger partial charge in [-0.1, -0.05) is 97.1 Å². The summed E-state index contributed by atoms with van der Waals surface area (Å²) < 4.78 is 19.4. The molecule has 0 N–H and O–H groups in total. The third-order valence-corrected chi connectivity index (χ3v) is 21.5. The second-order valence-electron chi connectivity index (χ2n) is 20.5. The van der Waals surface area contributed by atoms with Crippen molar-refractivity contribution < 1.29 is 45.4 Å². The van der Waals surface area contributed by atoms with Crippen LogP contribution in [0.25, 0.3) is 35.5 Å². The molecule has 5 heteroatoms. The molecule has 0 spiro atoms. The quantitative estimate of drug-likeness (QED) is 0.0514. The standard InChI is InChI=1S/C79H66O2P.2Os/c1-6-24-61-41-47-68(48-42-61)78(66-26-13-8-14-27-66)79(67-28-15-9-16-29-67)69-49-43-62(44-50-69)25-23-30-72-56-81-58-74(72)53-70(59(3)4)51-45-63-37-39-64(40-38-63)46-52-71(54-73-57-80-55-65(73)7-2)60(5)82(75-31-17-10-18-32-75,76-33-19-11-20-34-76)77-35-21-12-22-36-77;;/h6-54H,55-58H2,1-3H3;;/q+1;;/b24-6+,25-23+,51-45+,52-46+,65-7?,70-59?,71-60?,72-30?,73-54?,74-53?,79-78?;;. The van der Waals surface area contributed by atoms with Gasteiger partial charge in [0, 0.05) is 0 Å². The molecule has 2 fully saturated rings.